The Balaban J connectivity index is 1.89. The number of hydrogen-bond donors (Lipinski definition) is 0. The minimum atomic E-state index is 0.501. The molecule has 0 radical (unpaired) electrons. The van der Waals surface area contributed by atoms with Crippen LogP contribution in [0.5, 0.6) is 5.88 Å². The molecule has 0 aliphatic carbocycles. The third-order valence-electron chi connectivity index (χ3n) is 3.36. The molecule has 3 rings (SSSR count). The van der Waals surface area contributed by atoms with Crippen molar-refractivity contribution in [1.29, 1.82) is 0 Å². The van der Waals surface area contributed by atoms with Crippen LogP contribution in [0.25, 0.3) is 22.5 Å². The van der Waals surface area contributed by atoms with Crippen LogP contribution in [-0.2, 0) is 6.54 Å². The predicted octanol–water partition coefficient (Wildman–Crippen LogP) is 3.04. The van der Waals surface area contributed by atoms with Gasteiger partial charge in [-0.1, -0.05) is 24.1 Å². The molecule has 0 atom stereocenters. The first-order valence-electron chi connectivity index (χ1n) is 7.22. The highest BCUT2D eigenvalue weighted by Gasteiger charge is 2.06. The van der Waals surface area contributed by atoms with E-state index in [1.54, 1.807) is 13.2 Å². The molecule has 5 nitrogen and oxygen atoms in total. The molecular formula is C18H16N4O. The fourth-order valence-electron chi connectivity index (χ4n) is 2.18. The molecule has 0 saturated carbocycles. The first-order valence-corrected chi connectivity index (χ1v) is 7.22. The fraction of sp³-hybridized carbons (Fsp3) is 0.167. The van der Waals surface area contributed by atoms with Crippen LogP contribution in [0.4, 0.5) is 0 Å². The standard InChI is InChI=1S/C18H16N4O/c1-3-4-11-22-12-10-17(21-22)15-7-5-6-14(13-15)16-8-9-18(23-2)20-19-16/h5-10,12-13H,11H2,1-2H3. The van der Waals surface area contributed by atoms with Crippen molar-refractivity contribution >= 4 is 0 Å². The zero-order chi connectivity index (χ0) is 16.1. The van der Waals surface area contributed by atoms with Crippen LogP contribution >= 0.6 is 0 Å². The first-order chi connectivity index (χ1) is 11.3. The molecule has 0 unspecified atom stereocenters. The maximum Gasteiger partial charge on any atom is 0.233 e. The summed E-state index contributed by atoms with van der Waals surface area (Å²) in [6.45, 7) is 2.42. The average Bonchev–Trinajstić information content (AvgIpc) is 3.09. The van der Waals surface area contributed by atoms with Crippen LogP contribution in [0.2, 0.25) is 0 Å². The second kappa shape index (κ2) is 6.75. The summed E-state index contributed by atoms with van der Waals surface area (Å²) >= 11 is 0. The van der Waals surface area contributed by atoms with Gasteiger partial charge < -0.3 is 4.74 Å². The Kier molecular flexibility index (Phi) is 4.34. The van der Waals surface area contributed by atoms with E-state index in [-0.39, 0.29) is 0 Å². The molecule has 0 amide bonds. The molecule has 0 N–H and O–H groups in total. The third kappa shape index (κ3) is 3.38. The molecule has 0 aliphatic rings. The van der Waals surface area contributed by atoms with Crippen molar-refractivity contribution in [1.82, 2.24) is 20.0 Å². The predicted molar refractivity (Wildman–Crippen MR) is 88.7 cm³/mol. The number of ether oxygens (including phenoxy) is 1. The first kappa shape index (κ1) is 14.8. The topological polar surface area (TPSA) is 52.8 Å². The van der Waals surface area contributed by atoms with E-state index in [1.165, 1.54) is 0 Å². The Hall–Kier alpha value is -3.13. The summed E-state index contributed by atoms with van der Waals surface area (Å²) in [5.41, 5.74) is 3.72. The summed E-state index contributed by atoms with van der Waals surface area (Å²) in [6.07, 6.45) is 1.93. The van der Waals surface area contributed by atoms with Gasteiger partial charge in [-0.2, -0.15) is 5.10 Å². The molecule has 0 fully saturated rings. The van der Waals surface area contributed by atoms with Crippen LogP contribution in [0, 0.1) is 11.8 Å². The van der Waals surface area contributed by atoms with Crippen molar-refractivity contribution in [3.05, 3.63) is 48.7 Å². The molecule has 23 heavy (non-hydrogen) atoms. The Morgan fingerprint density at radius 3 is 2.57 bits per heavy atom. The minimum absolute atomic E-state index is 0.501. The van der Waals surface area contributed by atoms with E-state index in [9.17, 15) is 0 Å². The van der Waals surface area contributed by atoms with Gasteiger partial charge in [-0.05, 0) is 25.1 Å². The maximum absolute atomic E-state index is 5.04. The van der Waals surface area contributed by atoms with Crippen molar-refractivity contribution in [2.45, 2.75) is 13.5 Å². The lowest BCUT2D eigenvalue weighted by Crippen LogP contribution is -1.96. The van der Waals surface area contributed by atoms with Crippen LogP contribution in [0.1, 0.15) is 6.92 Å². The summed E-state index contributed by atoms with van der Waals surface area (Å²) < 4.78 is 6.86. The second-order valence-electron chi connectivity index (χ2n) is 4.87. The van der Waals surface area contributed by atoms with E-state index < -0.39 is 0 Å². The van der Waals surface area contributed by atoms with Crippen LogP contribution in [0.15, 0.2) is 48.7 Å². The van der Waals surface area contributed by atoms with E-state index >= 15 is 0 Å². The minimum Gasteiger partial charge on any atom is -0.480 e. The summed E-state index contributed by atoms with van der Waals surface area (Å²) in [6, 6.07) is 13.7. The summed E-state index contributed by atoms with van der Waals surface area (Å²) in [7, 11) is 1.57. The summed E-state index contributed by atoms with van der Waals surface area (Å²) in [5.74, 6) is 6.37. The van der Waals surface area contributed by atoms with Crippen molar-refractivity contribution in [3.8, 4) is 40.2 Å². The molecule has 5 heteroatoms. The molecule has 114 valence electrons. The van der Waals surface area contributed by atoms with E-state index in [4.69, 9.17) is 4.74 Å². The van der Waals surface area contributed by atoms with Gasteiger partial charge >= 0.3 is 0 Å². The summed E-state index contributed by atoms with van der Waals surface area (Å²) in [5, 5.41) is 12.7. The highest BCUT2D eigenvalue weighted by Crippen LogP contribution is 2.24. The van der Waals surface area contributed by atoms with Gasteiger partial charge in [0.15, 0.2) is 0 Å². The third-order valence-corrected chi connectivity index (χ3v) is 3.36. The highest BCUT2D eigenvalue weighted by atomic mass is 16.5. The zero-order valence-electron chi connectivity index (χ0n) is 13.0. The molecule has 0 spiro atoms. The highest BCUT2D eigenvalue weighted by molar-refractivity contribution is 5.69. The average molecular weight is 304 g/mol. The van der Waals surface area contributed by atoms with E-state index in [2.05, 4.69) is 33.2 Å². The second-order valence-corrected chi connectivity index (χ2v) is 4.87. The molecule has 0 bridgehead atoms. The Morgan fingerprint density at radius 1 is 1.04 bits per heavy atom. The van der Waals surface area contributed by atoms with Gasteiger partial charge in [-0.25, -0.2) is 0 Å². The lowest BCUT2D eigenvalue weighted by Gasteiger charge is -2.04. The quantitative estimate of drug-likeness (QED) is 0.695. The Morgan fingerprint density at radius 2 is 1.87 bits per heavy atom. The SMILES string of the molecule is CC#CCn1ccc(-c2cccc(-c3ccc(OC)nn3)c2)n1. The zero-order valence-corrected chi connectivity index (χ0v) is 13.0. The molecule has 2 heterocycles. The van der Waals surface area contributed by atoms with Crippen LogP contribution in [0.3, 0.4) is 0 Å². The van der Waals surface area contributed by atoms with Gasteiger partial charge in [-0.3, -0.25) is 4.68 Å². The number of hydrogen-bond acceptors (Lipinski definition) is 4. The number of benzene rings is 1. The van der Waals surface area contributed by atoms with Crippen LogP contribution < -0.4 is 4.74 Å². The van der Waals surface area contributed by atoms with Gasteiger partial charge in [0.2, 0.25) is 5.88 Å². The number of aromatic nitrogens is 4. The van der Waals surface area contributed by atoms with Crippen molar-refractivity contribution in [2.24, 2.45) is 0 Å². The largest absolute Gasteiger partial charge is 0.480 e. The fourth-order valence-corrected chi connectivity index (χ4v) is 2.18. The maximum atomic E-state index is 5.04. The van der Waals surface area contributed by atoms with Gasteiger partial charge in [0, 0.05) is 23.4 Å². The molecule has 2 aromatic heterocycles. The van der Waals surface area contributed by atoms with E-state index in [1.807, 2.05) is 48.1 Å². The number of rotatable bonds is 4. The van der Waals surface area contributed by atoms with Crippen molar-refractivity contribution in [2.75, 3.05) is 7.11 Å². The lowest BCUT2D eigenvalue weighted by atomic mass is 10.1. The van der Waals surface area contributed by atoms with Gasteiger partial charge in [-0.15, -0.1) is 16.1 Å². The Labute approximate surface area is 134 Å². The smallest absolute Gasteiger partial charge is 0.233 e. The van der Waals surface area contributed by atoms with E-state index in [0.717, 1.165) is 22.5 Å². The van der Waals surface area contributed by atoms with Crippen LogP contribution in [-0.4, -0.2) is 27.1 Å². The molecule has 3 aromatic rings. The van der Waals surface area contributed by atoms with Gasteiger partial charge in [0.1, 0.15) is 6.54 Å². The monoisotopic (exact) mass is 304 g/mol. The molecule has 0 aliphatic heterocycles. The van der Waals surface area contributed by atoms with E-state index in [0.29, 0.717) is 12.4 Å². The number of methoxy groups -OCH3 is 1. The summed E-state index contributed by atoms with van der Waals surface area (Å²) in [4.78, 5) is 0. The van der Waals surface area contributed by atoms with Gasteiger partial charge in [0.05, 0.1) is 18.5 Å². The van der Waals surface area contributed by atoms with Crippen molar-refractivity contribution < 1.29 is 4.74 Å². The molecule has 0 saturated heterocycles. The number of nitrogens with zero attached hydrogens (tertiary/aromatic N) is 4. The van der Waals surface area contributed by atoms with Crippen molar-refractivity contribution in [3.63, 3.8) is 0 Å². The lowest BCUT2D eigenvalue weighted by molar-refractivity contribution is 0.392. The Bertz CT molecular complexity index is 856. The molecule has 1 aromatic carbocycles. The normalized spacial score (nSPS) is 10.0. The molecular weight excluding hydrogens is 288 g/mol. The van der Waals surface area contributed by atoms with Gasteiger partial charge in [0.25, 0.3) is 0 Å².